The number of nitrogens with two attached hydrogens (primary N) is 1. The van der Waals surface area contributed by atoms with Gasteiger partial charge in [-0.15, -0.1) is 0 Å². The molecule has 1 saturated carbocycles. The summed E-state index contributed by atoms with van der Waals surface area (Å²) in [5.41, 5.74) is 5.49. The predicted octanol–water partition coefficient (Wildman–Crippen LogP) is 0.969. The molecule has 2 nitrogen and oxygen atoms in total. The van der Waals surface area contributed by atoms with Crippen molar-refractivity contribution in [2.24, 2.45) is 17.6 Å². The molecule has 0 radical (unpaired) electrons. The van der Waals surface area contributed by atoms with Crippen LogP contribution >= 0.6 is 0 Å². The van der Waals surface area contributed by atoms with E-state index in [1.54, 1.807) is 0 Å². The summed E-state index contributed by atoms with van der Waals surface area (Å²) in [4.78, 5) is 0. The zero-order valence-corrected chi connectivity index (χ0v) is 7.64. The van der Waals surface area contributed by atoms with E-state index < -0.39 is 0 Å². The Kier molecular flexibility index (Phi) is 3.34. The van der Waals surface area contributed by atoms with E-state index in [4.69, 9.17) is 5.73 Å². The van der Waals surface area contributed by atoms with Crippen molar-refractivity contribution in [1.82, 2.24) is 5.32 Å². The van der Waals surface area contributed by atoms with Gasteiger partial charge >= 0.3 is 0 Å². The minimum atomic E-state index is 0.483. The third kappa shape index (κ3) is 3.21. The highest BCUT2D eigenvalue weighted by Crippen LogP contribution is 2.36. The van der Waals surface area contributed by atoms with Crippen LogP contribution in [-0.2, 0) is 0 Å². The van der Waals surface area contributed by atoms with E-state index in [1.807, 2.05) is 0 Å². The van der Waals surface area contributed by atoms with Gasteiger partial charge in [0.2, 0.25) is 0 Å². The van der Waals surface area contributed by atoms with Crippen LogP contribution in [0.15, 0.2) is 0 Å². The molecule has 0 heterocycles. The molecule has 0 bridgehead atoms. The molecule has 1 aliphatic carbocycles. The maximum Gasteiger partial charge on any atom is 0.0162 e. The molecule has 0 aromatic carbocycles. The van der Waals surface area contributed by atoms with Gasteiger partial charge in [-0.25, -0.2) is 0 Å². The van der Waals surface area contributed by atoms with Gasteiger partial charge in [0, 0.05) is 12.6 Å². The molecule has 0 aromatic rings. The van der Waals surface area contributed by atoms with Gasteiger partial charge in [0.15, 0.2) is 0 Å². The molecule has 1 fully saturated rings. The summed E-state index contributed by atoms with van der Waals surface area (Å²) in [5.74, 6) is 1.86. The van der Waals surface area contributed by atoms with Crippen molar-refractivity contribution < 1.29 is 0 Å². The summed E-state index contributed by atoms with van der Waals surface area (Å²) in [5, 5.41) is 3.43. The summed E-state index contributed by atoms with van der Waals surface area (Å²) in [6, 6.07) is 0.483. The first-order chi connectivity index (χ1) is 5.24. The van der Waals surface area contributed by atoms with Crippen LogP contribution in [0, 0.1) is 11.8 Å². The van der Waals surface area contributed by atoms with E-state index in [9.17, 15) is 0 Å². The Bertz CT molecular complexity index is 110. The van der Waals surface area contributed by atoms with Gasteiger partial charge in [-0.1, -0.05) is 6.92 Å². The normalized spacial score (nSPS) is 23.2. The van der Waals surface area contributed by atoms with Gasteiger partial charge < -0.3 is 11.1 Å². The second-order valence-electron chi connectivity index (χ2n) is 3.86. The highest BCUT2D eigenvalue weighted by Gasteiger charge is 2.27. The molecule has 66 valence electrons. The standard InChI is InChI=1S/C9H20N2/c1-7(9-3-4-9)6-11-8(2)5-10/h7-9,11H,3-6,10H2,1-2H3. The second kappa shape index (κ2) is 4.07. The van der Waals surface area contributed by atoms with Gasteiger partial charge in [0.05, 0.1) is 0 Å². The van der Waals surface area contributed by atoms with Crippen LogP contribution < -0.4 is 11.1 Å². The van der Waals surface area contributed by atoms with Crippen molar-refractivity contribution in [3.05, 3.63) is 0 Å². The van der Waals surface area contributed by atoms with Gasteiger partial charge in [-0.05, 0) is 38.1 Å². The molecule has 0 aliphatic heterocycles. The van der Waals surface area contributed by atoms with Crippen LogP contribution in [0.4, 0.5) is 0 Å². The van der Waals surface area contributed by atoms with Gasteiger partial charge in [-0.2, -0.15) is 0 Å². The predicted molar refractivity (Wildman–Crippen MR) is 48.4 cm³/mol. The smallest absolute Gasteiger partial charge is 0.0162 e. The fourth-order valence-corrected chi connectivity index (χ4v) is 1.30. The molecule has 1 rings (SSSR count). The Morgan fingerprint density at radius 3 is 2.55 bits per heavy atom. The lowest BCUT2D eigenvalue weighted by atomic mass is 10.1. The maximum atomic E-state index is 5.49. The zero-order valence-electron chi connectivity index (χ0n) is 7.64. The van der Waals surface area contributed by atoms with Crippen LogP contribution in [0.1, 0.15) is 26.7 Å². The van der Waals surface area contributed by atoms with E-state index in [2.05, 4.69) is 19.2 Å². The van der Waals surface area contributed by atoms with Crippen molar-refractivity contribution in [2.75, 3.05) is 13.1 Å². The van der Waals surface area contributed by atoms with Crippen molar-refractivity contribution in [1.29, 1.82) is 0 Å². The van der Waals surface area contributed by atoms with E-state index in [-0.39, 0.29) is 0 Å². The molecule has 0 spiro atoms. The van der Waals surface area contributed by atoms with Crippen LogP contribution in [0.2, 0.25) is 0 Å². The first-order valence-electron chi connectivity index (χ1n) is 4.67. The number of hydrogen-bond acceptors (Lipinski definition) is 2. The minimum absolute atomic E-state index is 0.483. The molecule has 0 saturated heterocycles. The minimum Gasteiger partial charge on any atom is -0.329 e. The fourth-order valence-electron chi connectivity index (χ4n) is 1.30. The maximum absolute atomic E-state index is 5.49. The Labute approximate surface area is 69.5 Å². The lowest BCUT2D eigenvalue weighted by Crippen LogP contribution is -2.36. The summed E-state index contributed by atoms with van der Waals surface area (Å²) in [6.07, 6.45) is 2.89. The van der Waals surface area contributed by atoms with E-state index in [0.29, 0.717) is 6.04 Å². The molecular formula is C9H20N2. The fraction of sp³-hybridized carbons (Fsp3) is 1.00. The highest BCUT2D eigenvalue weighted by molar-refractivity contribution is 4.80. The SMILES string of the molecule is CC(CN)NCC(C)C1CC1. The molecule has 3 N–H and O–H groups in total. The third-order valence-corrected chi connectivity index (χ3v) is 2.57. The average molecular weight is 156 g/mol. The van der Waals surface area contributed by atoms with Gasteiger partial charge in [0.1, 0.15) is 0 Å². The Balaban J connectivity index is 2.00. The van der Waals surface area contributed by atoms with Gasteiger partial charge in [0.25, 0.3) is 0 Å². The third-order valence-electron chi connectivity index (χ3n) is 2.57. The van der Waals surface area contributed by atoms with Crippen LogP contribution in [0.25, 0.3) is 0 Å². The molecule has 1 aliphatic rings. The zero-order chi connectivity index (χ0) is 8.27. The monoisotopic (exact) mass is 156 g/mol. The van der Waals surface area contributed by atoms with Crippen LogP contribution in [0.3, 0.4) is 0 Å². The summed E-state index contributed by atoms with van der Waals surface area (Å²) >= 11 is 0. The Morgan fingerprint density at radius 1 is 1.45 bits per heavy atom. The molecular weight excluding hydrogens is 136 g/mol. The topological polar surface area (TPSA) is 38.0 Å². The quantitative estimate of drug-likeness (QED) is 0.622. The molecule has 0 amide bonds. The van der Waals surface area contributed by atoms with E-state index in [1.165, 1.54) is 12.8 Å². The lowest BCUT2D eigenvalue weighted by Gasteiger charge is -2.15. The molecule has 2 atom stereocenters. The van der Waals surface area contributed by atoms with E-state index >= 15 is 0 Å². The number of rotatable bonds is 5. The number of nitrogens with one attached hydrogen (secondary N) is 1. The largest absolute Gasteiger partial charge is 0.329 e. The highest BCUT2D eigenvalue weighted by atomic mass is 14.9. The second-order valence-corrected chi connectivity index (χ2v) is 3.86. The molecule has 11 heavy (non-hydrogen) atoms. The average Bonchev–Trinajstić information content (AvgIpc) is 2.81. The lowest BCUT2D eigenvalue weighted by molar-refractivity contribution is 0.429. The molecule has 2 heteroatoms. The summed E-state index contributed by atoms with van der Waals surface area (Å²) in [6.45, 7) is 6.36. The van der Waals surface area contributed by atoms with Crippen molar-refractivity contribution in [3.63, 3.8) is 0 Å². The Morgan fingerprint density at radius 2 is 2.09 bits per heavy atom. The van der Waals surface area contributed by atoms with E-state index in [0.717, 1.165) is 24.9 Å². The van der Waals surface area contributed by atoms with Crippen molar-refractivity contribution in [2.45, 2.75) is 32.7 Å². The molecule has 0 aromatic heterocycles. The van der Waals surface area contributed by atoms with Crippen molar-refractivity contribution >= 4 is 0 Å². The first kappa shape index (κ1) is 9.01. The summed E-state index contributed by atoms with van der Waals surface area (Å²) in [7, 11) is 0. The Hall–Kier alpha value is -0.0800. The summed E-state index contributed by atoms with van der Waals surface area (Å²) < 4.78 is 0. The van der Waals surface area contributed by atoms with Crippen molar-refractivity contribution in [3.8, 4) is 0 Å². The first-order valence-corrected chi connectivity index (χ1v) is 4.67. The van der Waals surface area contributed by atoms with Crippen LogP contribution in [0.5, 0.6) is 0 Å². The molecule has 2 unspecified atom stereocenters. The number of hydrogen-bond donors (Lipinski definition) is 2. The van der Waals surface area contributed by atoms with Gasteiger partial charge in [-0.3, -0.25) is 0 Å². The van der Waals surface area contributed by atoms with Crippen LogP contribution in [-0.4, -0.2) is 19.1 Å².